The Morgan fingerprint density at radius 3 is 2.41 bits per heavy atom. The summed E-state index contributed by atoms with van der Waals surface area (Å²) in [6.45, 7) is 10.3. The molecule has 2 N–H and O–H groups in total. The topological polar surface area (TPSA) is 46.3 Å². The summed E-state index contributed by atoms with van der Waals surface area (Å²) in [7, 11) is 1.91. The van der Waals surface area contributed by atoms with E-state index in [0.29, 0.717) is 18.9 Å². The van der Waals surface area contributed by atoms with Crippen molar-refractivity contribution in [3.8, 4) is 0 Å². The summed E-state index contributed by atoms with van der Waals surface area (Å²) in [5.74, 6) is 0.844. The van der Waals surface area contributed by atoms with E-state index in [2.05, 4.69) is 27.7 Å². The molecule has 0 aliphatic heterocycles. The van der Waals surface area contributed by atoms with Crippen molar-refractivity contribution in [3.05, 3.63) is 0 Å². The van der Waals surface area contributed by atoms with E-state index in [1.165, 1.54) is 0 Å². The molecule has 0 spiro atoms. The van der Waals surface area contributed by atoms with Crippen LogP contribution in [0.2, 0.25) is 0 Å². The van der Waals surface area contributed by atoms with Crippen molar-refractivity contribution in [2.75, 3.05) is 20.1 Å². The van der Waals surface area contributed by atoms with Crippen LogP contribution in [0, 0.1) is 11.3 Å². The van der Waals surface area contributed by atoms with Crippen LogP contribution >= 0.6 is 0 Å². The molecule has 1 amide bonds. The van der Waals surface area contributed by atoms with E-state index in [4.69, 9.17) is 5.73 Å². The highest BCUT2D eigenvalue weighted by atomic mass is 16.2. The molecule has 0 aromatic rings. The molecule has 0 aliphatic carbocycles. The van der Waals surface area contributed by atoms with E-state index < -0.39 is 0 Å². The minimum Gasteiger partial charge on any atom is -0.345 e. The summed E-state index contributed by atoms with van der Waals surface area (Å²) >= 11 is 0. The fourth-order valence-electron chi connectivity index (χ4n) is 1.85. The third-order valence-electron chi connectivity index (χ3n) is 3.54. The van der Waals surface area contributed by atoms with Gasteiger partial charge >= 0.3 is 0 Å². The molecule has 0 bridgehead atoms. The SMILES string of the molecule is CCC(C)CN(C)C(=O)CCC(C)(C)CCN. The van der Waals surface area contributed by atoms with Crippen molar-refractivity contribution in [1.29, 1.82) is 0 Å². The monoisotopic (exact) mass is 242 g/mol. The van der Waals surface area contributed by atoms with Crippen LogP contribution in [0.25, 0.3) is 0 Å². The van der Waals surface area contributed by atoms with Gasteiger partial charge in [-0.3, -0.25) is 4.79 Å². The third kappa shape index (κ3) is 7.37. The van der Waals surface area contributed by atoms with Crippen LogP contribution in [-0.4, -0.2) is 30.9 Å². The zero-order valence-corrected chi connectivity index (χ0v) is 12.3. The highest BCUT2D eigenvalue weighted by Crippen LogP contribution is 2.26. The molecule has 0 aromatic heterocycles. The van der Waals surface area contributed by atoms with Gasteiger partial charge in [0, 0.05) is 20.0 Å². The molecule has 17 heavy (non-hydrogen) atoms. The number of hydrogen-bond donors (Lipinski definition) is 1. The predicted octanol–water partition coefficient (Wildman–Crippen LogP) is 2.65. The first-order valence-corrected chi connectivity index (χ1v) is 6.76. The van der Waals surface area contributed by atoms with Gasteiger partial charge in [0.15, 0.2) is 0 Å². The lowest BCUT2D eigenvalue weighted by Gasteiger charge is -2.26. The highest BCUT2D eigenvalue weighted by molar-refractivity contribution is 5.75. The fourth-order valence-corrected chi connectivity index (χ4v) is 1.85. The smallest absolute Gasteiger partial charge is 0.222 e. The van der Waals surface area contributed by atoms with E-state index in [9.17, 15) is 4.79 Å². The summed E-state index contributed by atoms with van der Waals surface area (Å²) in [5.41, 5.74) is 5.75. The van der Waals surface area contributed by atoms with Crippen LogP contribution in [0.15, 0.2) is 0 Å². The Hall–Kier alpha value is -0.570. The molecule has 1 unspecified atom stereocenters. The molecule has 0 rings (SSSR count). The van der Waals surface area contributed by atoms with Crippen molar-refractivity contribution in [2.24, 2.45) is 17.1 Å². The molecule has 102 valence electrons. The summed E-state index contributed by atoms with van der Waals surface area (Å²) in [4.78, 5) is 13.8. The quantitative estimate of drug-likeness (QED) is 0.711. The summed E-state index contributed by atoms with van der Waals surface area (Å²) in [6, 6.07) is 0. The molecular weight excluding hydrogens is 212 g/mol. The number of rotatable bonds is 8. The lowest BCUT2D eigenvalue weighted by Crippen LogP contribution is -2.31. The van der Waals surface area contributed by atoms with Crippen molar-refractivity contribution < 1.29 is 4.79 Å². The average Bonchev–Trinajstić information content (AvgIpc) is 2.25. The molecule has 1 atom stereocenters. The van der Waals surface area contributed by atoms with Crippen molar-refractivity contribution in [3.63, 3.8) is 0 Å². The van der Waals surface area contributed by atoms with Gasteiger partial charge in [-0.2, -0.15) is 0 Å². The van der Waals surface area contributed by atoms with E-state index in [-0.39, 0.29) is 11.3 Å². The van der Waals surface area contributed by atoms with Crippen LogP contribution in [0.1, 0.15) is 53.4 Å². The van der Waals surface area contributed by atoms with Gasteiger partial charge in [-0.1, -0.05) is 34.1 Å². The molecule has 0 aliphatic rings. The van der Waals surface area contributed by atoms with Gasteiger partial charge in [-0.05, 0) is 30.7 Å². The standard InChI is InChI=1S/C14H30N2O/c1-6-12(2)11-16(5)13(17)7-8-14(3,4)9-10-15/h12H,6-11,15H2,1-5H3. The van der Waals surface area contributed by atoms with Crippen LogP contribution in [0.3, 0.4) is 0 Å². The summed E-state index contributed by atoms with van der Waals surface area (Å²) in [6.07, 6.45) is 3.67. The van der Waals surface area contributed by atoms with Crippen LogP contribution < -0.4 is 5.73 Å². The number of hydrogen-bond acceptors (Lipinski definition) is 2. The first-order chi connectivity index (χ1) is 7.82. The Morgan fingerprint density at radius 1 is 1.35 bits per heavy atom. The average molecular weight is 242 g/mol. The van der Waals surface area contributed by atoms with Gasteiger partial charge in [0.2, 0.25) is 5.91 Å². The number of nitrogens with two attached hydrogens (primary N) is 1. The second kappa shape index (κ2) is 7.70. The van der Waals surface area contributed by atoms with Gasteiger partial charge in [-0.25, -0.2) is 0 Å². The Bertz CT molecular complexity index is 226. The minimum absolute atomic E-state index is 0.182. The van der Waals surface area contributed by atoms with Gasteiger partial charge < -0.3 is 10.6 Å². The second-order valence-electron chi connectivity index (χ2n) is 5.99. The lowest BCUT2D eigenvalue weighted by atomic mass is 9.84. The Morgan fingerprint density at radius 2 is 1.94 bits per heavy atom. The van der Waals surface area contributed by atoms with E-state index in [0.717, 1.165) is 25.8 Å². The van der Waals surface area contributed by atoms with Gasteiger partial charge in [-0.15, -0.1) is 0 Å². The summed E-state index contributed by atoms with van der Waals surface area (Å²) in [5, 5.41) is 0. The molecule has 0 saturated carbocycles. The minimum atomic E-state index is 0.182. The van der Waals surface area contributed by atoms with Gasteiger partial charge in [0.1, 0.15) is 0 Å². The molecule has 0 radical (unpaired) electrons. The maximum absolute atomic E-state index is 11.9. The van der Waals surface area contributed by atoms with E-state index in [1.807, 2.05) is 11.9 Å². The molecule has 0 aromatic carbocycles. The fraction of sp³-hybridized carbons (Fsp3) is 0.929. The Kier molecular flexibility index (Phi) is 7.44. The maximum atomic E-state index is 11.9. The first-order valence-electron chi connectivity index (χ1n) is 6.76. The number of nitrogens with zero attached hydrogens (tertiary/aromatic N) is 1. The molecule has 0 saturated heterocycles. The third-order valence-corrected chi connectivity index (χ3v) is 3.54. The maximum Gasteiger partial charge on any atom is 0.222 e. The Labute approximate surface area is 107 Å². The summed E-state index contributed by atoms with van der Waals surface area (Å²) < 4.78 is 0. The zero-order chi connectivity index (χ0) is 13.5. The lowest BCUT2D eigenvalue weighted by molar-refractivity contribution is -0.131. The largest absolute Gasteiger partial charge is 0.345 e. The molecule has 0 fully saturated rings. The molecule has 3 heteroatoms. The predicted molar refractivity (Wildman–Crippen MR) is 73.8 cm³/mol. The van der Waals surface area contributed by atoms with E-state index in [1.54, 1.807) is 0 Å². The molecule has 0 heterocycles. The van der Waals surface area contributed by atoms with E-state index >= 15 is 0 Å². The van der Waals surface area contributed by atoms with Crippen molar-refractivity contribution in [1.82, 2.24) is 4.90 Å². The van der Waals surface area contributed by atoms with Crippen LogP contribution in [0.4, 0.5) is 0 Å². The van der Waals surface area contributed by atoms with Crippen molar-refractivity contribution >= 4 is 5.91 Å². The normalized spacial score (nSPS) is 13.5. The second-order valence-corrected chi connectivity index (χ2v) is 5.99. The van der Waals surface area contributed by atoms with Gasteiger partial charge in [0.25, 0.3) is 0 Å². The van der Waals surface area contributed by atoms with Gasteiger partial charge in [0.05, 0.1) is 0 Å². The molecular formula is C14H30N2O. The highest BCUT2D eigenvalue weighted by Gasteiger charge is 2.20. The number of carbonyl (C=O) groups is 1. The van der Waals surface area contributed by atoms with Crippen molar-refractivity contribution in [2.45, 2.75) is 53.4 Å². The molecule has 3 nitrogen and oxygen atoms in total. The Balaban J connectivity index is 4.00. The number of carbonyl (C=O) groups excluding carboxylic acids is 1. The first kappa shape index (κ1) is 16.4. The zero-order valence-electron chi connectivity index (χ0n) is 12.3. The van der Waals surface area contributed by atoms with Crippen LogP contribution in [0.5, 0.6) is 0 Å². The van der Waals surface area contributed by atoms with Crippen LogP contribution in [-0.2, 0) is 4.79 Å². The number of amides is 1.